The molecule has 0 fully saturated rings. The number of carbonyl (C=O) groups excluding carboxylic acids is 1. The molecular weight excluding hydrogens is 374 g/mol. The van der Waals surface area contributed by atoms with Crippen molar-refractivity contribution in [1.82, 2.24) is 4.98 Å². The second-order valence-corrected chi connectivity index (χ2v) is 7.62. The smallest absolute Gasteiger partial charge is 0.338 e. The van der Waals surface area contributed by atoms with Gasteiger partial charge in [0.15, 0.2) is 0 Å². The molecule has 0 bridgehead atoms. The zero-order valence-corrected chi connectivity index (χ0v) is 17.6. The molecule has 0 spiro atoms. The Morgan fingerprint density at radius 1 is 1.03 bits per heavy atom. The van der Waals surface area contributed by atoms with Crippen molar-refractivity contribution in [2.24, 2.45) is 0 Å². The Hall–Kier alpha value is -3.14. The number of hydrogen-bond donors (Lipinski definition) is 0. The van der Waals surface area contributed by atoms with E-state index in [-0.39, 0.29) is 5.97 Å². The largest absolute Gasteiger partial charge is 0.488 e. The zero-order valence-electron chi connectivity index (χ0n) is 17.6. The first-order valence-corrected chi connectivity index (χ1v) is 10.6. The highest BCUT2D eigenvalue weighted by Crippen LogP contribution is 2.30. The summed E-state index contributed by atoms with van der Waals surface area (Å²) in [6.07, 6.45) is 5.42. The maximum absolute atomic E-state index is 12.1. The number of esters is 1. The minimum absolute atomic E-state index is 0.327. The van der Waals surface area contributed by atoms with Crippen LogP contribution in [0.3, 0.4) is 0 Å². The van der Waals surface area contributed by atoms with E-state index in [4.69, 9.17) is 14.5 Å². The van der Waals surface area contributed by atoms with Crippen molar-refractivity contribution in [3.8, 4) is 16.9 Å². The molecule has 0 atom stereocenters. The van der Waals surface area contributed by atoms with Crippen LogP contribution in [0, 0.1) is 0 Å². The fourth-order valence-corrected chi connectivity index (χ4v) is 4.00. The molecule has 0 saturated heterocycles. The Balaban J connectivity index is 1.53. The number of carbonyl (C=O) groups is 1. The molecule has 30 heavy (non-hydrogen) atoms. The number of methoxy groups -OCH3 is 1. The first-order valence-electron chi connectivity index (χ1n) is 10.6. The average Bonchev–Trinajstić information content (AvgIpc) is 2.82. The Kier molecular flexibility index (Phi) is 6.12. The minimum atomic E-state index is -0.327. The molecular formula is C26H27NO3. The lowest BCUT2D eigenvalue weighted by atomic mass is 9.94. The van der Waals surface area contributed by atoms with Crippen LogP contribution in [0.1, 0.15) is 52.6 Å². The second-order valence-electron chi connectivity index (χ2n) is 7.62. The van der Waals surface area contributed by atoms with E-state index in [0.29, 0.717) is 12.2 Å². The highest BCUT2D eigenvalue weighted by atomic mass is 16.5. The lowest BCUT2D eigenvalue weighted by molar-refractivity contribution is 0.0601. The van der Waals surface area contributed by atoms with Crippen molar-refractivity contribution in [2.75, 3.05) is 7.11 Å². The second kappa shape index (κ2) is 9.12. The Morgan fingerprint density at radius 2 is 1.80 bits per heavy atom. The fourth-order valence-electron chi connectivity index (χ4n) is 4.00. The third-order valence-electron chi connectivity index (χ3n) is 5.67. The lowest BCUT2D eigenvalue weighted by Crippen LogP contribution is -2.10. The molecule has 1 aromatic heterocycles. The molecule has 0 amide bonds. The molecule has 0 unspecified atom stereocenters. The van der Waals surface area contributed by atoms with E-state index >= 15 is 0 Å². The number of pyridine rings is 1. The van der Waals surface area contributed by atoms with Gasteiger partial charge in [-0.1, -0.05) is 49.4 Å². The number of aromatic nitrogens is 1. The number of fused-ring (bicyclic) bond motifs is 1. The van der Waals surface area contributed by atoms with Gasteiger partial charge in [0.2, 0.25) is 0 Å². The number of nitrogens with zero attached hydrogens (tertiary/aromatic N) is 1. The van der Waals surface area contributed by atoms with E-state index in [1.807, 2.05) is 30.3 Å². The summed E-state index contributed by atoms with van der Waals surface area (Å²) in [4.78, 5) is 16.9. The topological polar surface area (TPSA) is 48.4 Å². The van der Waals surface area contributed by atoms with E-state index in [1.165, 1.54) is 31.2 Å². The normalized spacial score (nSPS) is 12.9. The van der Waals surface area contributed by atoms with Gasteiger partial charge in [0.1, 0.15) is 12.4 Å². The van der Waals surface area contributed by atoms with Crippen molar-refractivity contribution < 1.29 is 14.3 Å². The Labute approximate surface area is 177 Å². The van der Waals surface area contributed by atoms with Gasteiger partial charge in [0, 0.05) is 23.0 Å². The maximum Gasteiger partial charge on any atom is 0.338 e. The van der Waals surface area contributed by atoms with Crippen molar-refractivity contribution >= 4 is 5.97 Å². The van der Waals surface area contributed by atoms with Crippen molar-refractivity contribution in [2.45, 2.75) is 45.6 Å². The quantitative estimate of drug-likeness (QED) is 0.508. The predicted octanol–water partition coefficient (Wildman–Crippen LogP) is 5.56. The van der Waals surface area contributed by atoms with Crippen molar-refractivity contribution in [1.29, 1.82) is 0 Å². The standard InChI is InChI=1S/C26H27NO3/c1-3-20-16-25(23-10-6-7-11-24(23)27-20)30-17-18-12-14-19(15-13-18)21-8-4-5-9-22(21)26(28)29-2/h4-5,8-9,12-16H,3,6-7,10-11,17H2,1-2H3. The van der Waals surface area contributed by atoms with Crippen LogP contribution in [0.15, 0.2) is 54.6 Å². The van der Waals surface area contributed by atoms with Crippen LogP contribution in [-0.4, -0.2) is 18.1 Å². The first-order chi connectivity index (χ1) is 14.7. The van der Waals surface area contributed by atoms with Crippen LogP contribution in [0.5, 0.6) is 5.75 Å². The van der Waals surface area contributed by atoms with Gasteiger partial charge in [-0.05, 0) is 54.9 Å². The van der Waals surface area contributed by atoms with E-state index in [0.717, 1.165) is 47.4 Å². The molecule has 0 saturated carbocycles. The lowest BCUT2D eigenvalue weighted by Gasteiger charge is -2.20. The summed E-state index contributed by atoms with van der Waals surface area (Å²) in [6, 6.07) is 17.8. The molecule has 4 nitrogen and oxygen atoms in total. The van der Waals surface area contributed by atoms with Gasteiger partial charge < -0.3 is 9.47 Å². The molecule has 0 aliphatic heterocycles. The molecule has 0 N–H and O–H groups in total. The highest BCUT2D eigenvalue weighted by Gasteiger charge is 2.17. The van der Waals surface area contributed by atoms with Crippen LogP contribution in [-0.2, 0) is 30.6 Å². The minimum Gasteiger partial charge on any atom is -0.488 e. The van der Waals surface area contributed by atoms with Gasteiger partial charge >= 0.3 is 5.97 Å². The number of hydrogen-bond acceptors (Lipinski definition) is 4. The van der Waals surface area contributed by atoms with Gasteiger partial charge in [0.05, 0.1) is 12.7 Å². The van der Waals surface area contributed by atoms with E-state index in [9.17, 15) is 4.79 Å². The molecule has 154 valence electrons. The predicted molar refractivity (Wildman–Crippen MR) is 118 cm³/mol. The maximum atomic E-state index is 12.1. The zero-order chi connectivity index (χ0) is 20.9. The average molecular weight is 402 g/mol. The Bertz CT molecular complexity index is 1040. The number of aryl methyl sites for hydroxylation is 2. The van der Waals surface area contributed by atoms with E-state index in [1.54, 1.807) is 6.07 Å². The summed E-state index contributed by atoms with van der Waals surface area (Å²) < 4.78 is 11.2. The molecule has 4 heteroatoms. The number of ether oxygens (including phenoxy) is 2. The summed E-state index contributed by atoms with van der Waals surface area (Å²) in [5.41, 5.74) is 7.10. The highest BCUT2D eigenvalue weighted by molar-refractivity contribution is 5.97. The molecule has 0 radical (unpaired) electrons. The van der Waals surface area contributed by atoms with Crippen molar-refractivity contribution in [3.63, 3.8) is 0 Å². The summed E-state index contributed by atoms with van der Waals surface area (Å²) >= 11 is 0. The monoisotopic (exact) mass is 401 g/mol. The molecule has 3 aromatic rings. The number of benzene rings is 2. The summed E-state index contributed by atoms with van der Waals surface area (Å²) in [6.45, 7) is 2.64. The molecule has 1 heterocycles. The first kappa shape index (κ1) is 20.1. The summed E-state index contributed by atoms with van der Waals surface area (Å²) in [5, 5.41) is 0. The van der Waals surface area contributed by atoms with Crippen LogP contribution in [0.2, 0.25) is 0 Å². The molecule has 1 aliphatic rings. The molecule has 4 rings (SSSR count). The Morgan fingerprint density at radius 3 is 2.57 bits per heavy atom. The van der Waals surface area contributed by atoms with Gasteiger partial charge in [-0.15, -0.1) is 0 Å². The summed E-state index contributed by atoms with van der Waals surface area (Å²) in [7, 11) is 1.40. The van der Waals surface area contributed by atoms with Crippen molar-refractivity contribution in [3.05, 3.63) is 82.7 Å². The third-order valence-corrected chi connectivity index (χ3v) is 5.67. The molecule has 1 aliphatic carbocycles. The van der Waals surface area contributed by atoms with Crippen LogP contribution in [0.4, 0.5) is 0 Å². The number of rotatable bonds is 6. The summed E-state index contributed by atoms with van der Waals surface area (Å²) in [5.74, 6) is 0.656. The van der Waals surface area contributed by atoms with E-state index < -0.39 is 0 Å². The van der Waals surface area contributed by atoms with Gasteiger partial charge in [-0.2, -0.15) is 0 Å². The fraction of sp³-hybridized carbons (Fsp3) is 0.308. The van der Waals surface area contributed by atoms with Gasteiger partial charge in [0.25, 0.3) is 0 Å². The van der Waals surface area contributed by atoms with Crippen LogP contribution >= 0.6 is 0 Å². The van der Waals surface area contributed by atoms with Crippen LogP contribution < -0.4 is 4.74 Å². The van der Waals surface area contributed by atoms with Gasteiger partial charge in [-0.3, -0.25) is 4.98 Å². The van der Waals surface area contributed by atoms with Crippen LogP contribution in [0.25, 0.3) is 11.1 Å². The van der Waals surface area contributed by atoms with E-state index in [2.05, 4.69) is 25.1 Å². The van der Waals surface area contributed by atoms with Gasteiger partial charge in [-0.25, -0.2) is 4.79 Å². The SMILES string of the molecule is CCc1cc(OCc2ccc(-c3ccccc3C(=O)OC)cc2)c2c(n1)CCCC2. The third kappa shape index (κ3) is 4.23. The molecule has 2 aromatic carbocycles.